The number of anilines is 3. The number of amides is 3. The molecule has 0 radical (unpaired) electrons. The lowest BCUT2D eigenvalue weighted by atomic mass is 9.92. The third-order valence-electron chi connectivity index (χ3n) is 5.87. The van der Waals surface area contributed by atoms with E-state index >= 15 is 0 Å². The molecular formula is C29H28N4O4S. The summed E-state index contributed by atoms with van der Waals surface area (Å²) in [6.07, 6.45) is -0.183. The Kier molecular flexibility index (Phi) is 8.84. The van der Waals surface area contributed by atoms with E-state index in [-0.39, 0.29) is 18.7 Å². The number of aryl methyl sites for hydroxylation is 1. The molecule has 3 aromatic carbocycles. The van der Waals surface area contributed by atoms with E-state index in [1.54, 1.807) is 11.8 Å². The molecule has 0 aliphatic rings. The standard InChI is InChI=1S/C29H28N4O4S/c1-20-27(38-29(31-20)32-28(37)30-19-21-11-5-2-6-12-21)33(24-15-9-4-10-16-24)25(34)17-23(18-26(35)36)22-13-7-3-8-14-22/h2-16,23H,17-19H2,1H3,(H,35,36)(H2,30,31,32,37). The molecule has 0 bridgehead atoms. The fourth-order valence-corrected chi connectivity index (χ4v) is 5.07. The Bertz CT molecular complexity index is 1380. The topological polar surface area (TPSA) is 112 Å². The van der Waals surface area contributed by atoms with Crippen LogP contribution in [-0.2, 0) is 16.1 Å². The van der Waals surface area contributed by atoms with Crippen molar-refractivity contribution in [3.63, 3.8) is 0 Å². The van der Waals surface area contributed by atoms with E-state index in [1.807, 2.05) is 91.0 Å². The molecule has 38 heavy (non-hydrogen) atoms. The van der Waals surface area contributed by atoms with Crippen LogP contribution in [0.2, 0.25) is 0 Å². The van der Waals surface area contributed by atoms with Crippen molar-refractivity contribution in [1.29, 1.82) is 0 Å². The van der Waals surface area contributed by atoms with Gasteiger partial charge in [-0.3, -0.25) is 19.8 Å². The van der Waals surface area contributed by atoms with Crippen LogP contribution < -0.4 is 15.5 Å². The molecule has 0 spiro atoms. The van der Waals surface area contributed by atoms with Crippen molar-refractivity contribution in [2.45, 2.75) is 32.2 Å². The van der Waals surface area contributed by atoms with Crippen molar-refractivity contribution >= 4 is 45.1 Å². The van der Waals surface area contributed by atoms with E-state index < -0.39 is 17.9 Å². The van der Waals surface area contributed by atoms with Crippen molar-refractivity contribution in [3.05, 3.63) is 108 Å². The number of thiazole rings is 1. The van der Waals surface area contributed by atoms with Gasteiger partial charge in [0.2, 0.25) is 5.91 Å². The summed E-state index contributed by atoms with van der Waals surface area (Å²) in [6, 6.07) is 27.5. The largest absolute Gasteiger partial charge is 0.481 e. The Morgan fingerprint density at radius 2 is 1.50 bits per heavy atom. The van der Waals surface area contributed by atoms with E-state index in [1.165, 1.54) is 11.3 Å². The highest BCUT2D eigenvalue weighted by atomic mass is 32.1. The van der Waals surface area contributed by atoms with E-state index in [4.69, 9.17) is 0 Å². The molecule has 1 atom stereocenters. The van der Waals surface area contributed by atoms with Crippen molar-refractivity contribution < 1.29 is 19.5 Å². The number of carboxylic acid groups (broad SMARTS) is 1. The molecule has 1 aromatic heterocycles. The maximum atomic E-state index is 13.8. The number of carbonyl (C=O) groups is 3. The molecule has 1 unspecified atom stereocenters. The minimum Gasteiger partial charge on any atom is -0.481 e. The van der Waals surface area contributed by atoms with Crippen molar-refractivity contribution in [2.24, 2.45) is 0 Å². The number of aromatic nitrogens is 1. The van der Waals surface area contributed by atoms with Crippen LogP contribution in [0.25, 0.3) is 0 Å². The van der Waals surface area contributed by atoms with Crippen molar-refractivity contribution in [2.75, 3.05) is 10.2 Å². The fourth-order valence-electron chi connectivity index (χ4n) is 4.07. The predicted octanol–water partition coefficient (Wildman–Crippen LogP) is 6.09. The number of nitrogens with one attached hydrogen (secondary N) is 2. The number of para-hydroxylation sites is 1. The molecule has 194 valence electrons. The summed E-state index contributed by atoms with van der Waals surface area (Å²) in [6.45, 7) is 2.14. The smallest absolute Gasteiger partial charge is 0.321 e. The number of nitrogens with zero attached hydrogens (tertiary/aromatic N) is 2. The van der Waals surface area contributed by atoms with Gasteiger partial charge in [0, 0.05) is 24.6 Å². The summed E-state index contributed by atoms with van der Waals surface area (Å²) in [5.74, 6) is -1.74. The fraction of sp³-hybridized carbons (Fsp3) is 0.172. The third-order valence-corrected chi connectivity index (χ3v) is 6.93. The number of benzene rings is 3. The second-order valence-corrected chi connectivity index (χ2v) is 9.65. The summed E-state index contributed by atoms with van der Waals surface area (Å²) < 4.78 is 0. The molecule has 4 rings (SSSR count). The summed E-state index contributed by atoms with van der Waals surface area (Å²) >= 11 is 1.18. The van der Waals surface area contributed by atoms with Crippen LogP contribution in [-0.4, -0.2) is 28.0 Å². The van der Waals surface area contributed by atoms with Crippen LogP contribution in [0.4, 0.5) is 20.6 Å². The van der Waals surface area contributed by atoms with Gasteiger partial charge in [0.1, 0.15) is 5.00 Å². The molecule has 0 aliphatic carbocycles. The molecule has 3 amide bonds. The molecule has 8 nitrogen and oxygen atoms in total. The van der Waals surface area contributed by atoms with Crippen LogP contribution in [0.3, 0.4) is 0 Å². The minimum absolute atomic E-state index is 0.0110. The second kappa shape index (κ2) is 12.6. The molecule has 0 aliphatic heterocycles. The normalized spacial score (nSPS) is 11.4. The number of hydrogen-bond donors (Lipinski definition) is 3. The second-order valence-electron chi connectivity index (χ2n) is 8.68. The minimum atomic E-state index is -0.972. The van der Waals surface area contributed by atoms with Gasteiger partial charge in [0.15, 0.2) is 5.13 Å². The van der Waals surface area contributed by atoms with Gasteiger partial charge in [-0.15, -0.1) is 0 Å². The van der Waals surface area contributed by atoms with E-state index in [2.05, 4.69) is 15.6 Å². The number of carboxylic acids is 1. The van der Waals surface area contributed by atoms with Crippen LogP contribution in [0.5, 0.6) is 0 Å². The molecule has 4 aromatic rings. The van der Waals surface area contributed by atoms with E-state index in [9.17, 15) is 19.5 Å². The van der Waals surface area contributed by atoms with Crippen LogP contribution in [0.15, 0.2) is 91.0 Å². The number of urea groups is 1. The number of carbonyl (C=O) groups excluding carboxylic acids is 2. The first kappa shape index (κ1) is 26.6. The van der Waals surface area contributed by atoms with Crippen LogP contribution >= 0.6 is 11.3 Å². The highest BCUT2D eigenvalue weighted by molar-refractivity contribution is 7.20. The first-order chi connectivity index (χ1) is 18.4. The lowest BCUT2D eigenvalue weighted by Crippen LogP contribution is -2.28. The third kappa shape index (κ3) is 7.04. The Morgan fingerprint density at radius 3 is 2.13 bits per heavy atom. The van der Waals surface area contributed by atoms with Gasteiger partial charge in [-0.2, -0.15) is 0 Å². The number of hydrogen-bond acceptors (Lipinski definition) is 5. The first-order valence-corrected chi connectivity index (χ1v) is 12.9. The Morgan fingerprint density at radius 1 is 0.895 bits per heavy atom. The van der Waals surface area contributed by atoms with E-state index in [0.717, 1.165) is 11.1 Å². The van der Waals surface area contributed by atoms with Gasteiger partial charge in [0.25, 0.3) is 0 Å². The summed E-state index contributed by atoms with van der Waals surface area (Å²) in [5, 5.41) is 16.0. The first-order valence-electron chi connectivity index (χ1n) is 12.1. The lowest BCUT2D eigenvalue weighted by Gasteiger charge is -2.24. The van der Waals surface area contributed by atoms with Gasteiger partial charge in [-0.25, -0.2) is 9.78 Å². The maximum Gasteiger partial charge on any atom is 0.321 e. The number of rotatable bonds is 10. The Labute approximate surface area is 225 Å². The average Bonchev–Trinajstić information content (AvgIpc) is 3.27. The van der Waals surface area contributed by atoms with Crippen LogP contribution in [0.1, 0.15) is 35.6 Å². The molecule has 0 saturated heterocycles. The SMILES string of the molecule is Cc1nc(NC(=O)NCc2ccccc2)sc1N(C(=O)CC(CC(=O)O)c1ccccc1)c1ccccc1. The predicted molar refractivity (Wildman–Crippen MR) is 149 cm³/mol. The Hall–Kier alpha value is -4.50. The maximum absolute atomic E-state index is 13.8. The van der Waals surface area contributed by atoms with Gasteiger partial charge < -0.3 is 10.4 Å². The molecule has 9 heteroatoms. The number of aliphatic carboxylic acids is 1. The van der Waals surface area contributed by atoms with Crippen molar-refractivity contribution in [1.82, 2.24) is 10.3 Å². The van der Waals surface area contributed by atoms with Gasteiger partial charge in [-0.05, 0) is 30.2 Å². The highest BCUT2D eigenvalue weighted by Gasteiger charge is 2.28. The monoisotopic (exact) mass is 528 g/mol. The zero-order valence-corrected chi connectivity index (χ0v) is 21.7. The van der Waals surface area contributed by atoms with Gasteiger partial charge >= 0.3 is 12.0 Å². The molecule has 3 N–H and O–H groups in total. The quantitative estimate of drug-likeness (QED) is 0.231. The summed E-state index contributed by atoms with van der Waals surface area (Å²) in [4.78, 5) is 43.9. The summed E-state index contributed by atoms with van der Waals surface area (Å²) in [7, 11) is 0. The molecule has 0 saturated carbocycles. The lowest BCUT2D eigenvalue weighted by molar-refractivity contribution is -0.137. The molecule has 1 heterocycles. The summed E-state index contributed by atoms with van der Waals surface area (Å²) in [5.41, 5.74) is 2.95. The van der Waals surface area contributed by atoms with Gasteiger partial charge in [-0.1, -0.05) is 90.2 Å². The Balaban J connectivity index is 1.56. The zero-order chi connectivity index (χ0) is 26.9. The highest BCUT2D eigenvalue weighted by Crippen LogP contribution is 2.38. The average molecular weight is 529 g/mol. The van der Waals surface area contributed by atoms with Crippen LogP contribution in [0, 0.1) is 6.92 Å². The molecule has 0 fully saturated rings. The van der Waals surface area contributed by atoms with E-state index in [0.29, 0.717) is 28.1 Å². The molecular weight excluding hydrogens is 500 g/mol. The zero-order valence-electron chi connectivity index (χ0n) is 20.8. The van der Waals surface area contributed by atoms with Crippen molar-refractivity contribution in [3.8, 4) is 0 Å². The van der Waals surface area contributed by atoms with Gasteiger partial charge in [0.05, 0.1) is 12.1 Å².